The van der Waals surface area contributed by atoms with Crippen molar-refractivity contribution >= 4 is 17.6 Å². The summed E-state index contributed by atoms with van der Waals surface area (Å²) >= 11 is 0. The van der Waals surface area contributed by atoms with Crippen molar-refractivity contribution < 1.29 is 36.6 Å². The van der Waals surface area contributed by atoms with Crippen molar-refractivity contribution in [2.24, 2.45) is 0 Å². The van der Waals surface area contributed by atoms with Crippen LogP contribution in [0.3, 0.4) is 0 Å². The molecule has 1 N–H and O–H groups in total. The SMILES string of the molecule is COC(=O)/C=C(/Nc1ccccc1C1C(F)C(F)CC(F)C1F)C(=O)OC. The van der Waals surface area contributed by atoms with Crippen LogP contribution in [-0.2, 0) is 19.1 Å². The van der Waals surface area contributed by atoms with Crippen molar-refractivity contribution in [2.45, 2.75) is 37.0 Å². The van der Waals surface area contributed by atoms with Crippen molar-refractivity contribution in [2.75, 3.05) is 19.5 Å². The fraction of sp³-hybridized carbons (Fsp3) is 0.444. The second-order valence-corrected chi connectivity index (χ2v) is 5.97. The lowest BCUT2D eigenvalue weighted by molar-refractivity contribution is -0.138. The minimum atomic E-state index is -2.26. The van der Waals surface area contributed by atoms with Crippen molar-refractivity contribution in [3.63, 3.8) is 0 Å². The second kappa shape index (κ2) is 8.88. The van der Waals surface area contributed by atoms with E-state index >= 15 is 0 Å². The molecule has 148 valence electrons. The number of nitrogens with one attached hydrogen (secondary N) is 1. The first-order valence-electron chi connectivity index (χ1n) is 8.10. The molecule has 0 heterocycles. The molecule has 1 aliphatic rings. The van der Waals surface area contributed by atoms with E-state index in [1.807, 2.05) is 0 Å². The van der Waals surface area contributed by atoms with Gasteiger partial charge in [0.05, 0.1) is 26.2 Å². The zero-order valence-corrected chi connectivity index (χ0v) is 14.6. The lowest BCUT2D eigenvalue weighted by atomic mass is 9.78. The Bertz CT molecular complexity index is 713. The molecule has 4 atom stereocenters. The highest BCUT2D eigenvalue weighted by Gasteiger charge is 2.48. The molecule has 1 aromatic rings. The van der Waals surface area contributed by atoms with Gasteiger partial charge in [-0.25, -0.2) is 27.2 Å². The van der Waals surface area contributed by atoms with E-state index in [1.165, 1.54) is 24.3 Å². The molecule has 0 saturated heterocycles. The fourth-order valence-electron chi connectivity index (χ4n) is 2.92. The molecule has 2 rings (SSSR count). The maximum Gasteiger partial charge on any atom is 0.354 e. The molecule has 27 heavy (non-hydrogen) atoms. The van der Waals surface area contributed by atoms with Crippen LogP contribution >= 0.6 is 0 Å². The minimum Gasteiger partial charge on any atom is -0.466 e. The van der Waals surface area contributed by atoms with Crippen LogP contribution < -0.4 is 5.32 Å². The number of carbonyl (C=O) groups is 2. The second-order valence-electron chi connectivity index (χ2n) is 5.97. The number of rotatable bonds is 5. The van der Waals surface area contributed by atoms with E-state index in [9.17, 15) is 27.2 Å². The van der Waals surface area contributed by atoms with Gasteiger partial charge >= 0.3 is 11.9 Å². The van der Waals surface area contributed by atoms with Crippen LogP contribution in [0.25, 0.3) is 0 Å². The standard InChI is InChI=1S/C18H19F4NO4/c1-26-14(24)8-13(18(25)27-2)23-12-6-4-3-5-9(12)15-16(21)10(19)7-11(20)17(15)22/h3-6,8,10-11,15-17,23H,7H2,1-2H3/b13-8+. The van der Waals surface area contributed by atoms with Gasteiger partial charge in [0.15, 0.2) is 0 Å². The van der Waals surface area contributed by atoms with Gasteiger partial charge < -0.3 is 14.8 Å². The first-order valence-corrected chi connectivity index (χ1v) is 8.10. The van der Waals surface area contributed by atoms with Gasteiger partial charge in [-0.05, 0) is 11.6 Å². The summed E-state index contributed by atoms with van der Waals surface area (Å²) in [5.74, 6) is -3.54. The number of alkyl halides is 4. The summed E-state index contributed by atoms with van der Waals surface area (Å²) < 4.78 is 65.3. The number of ether oxygens (including phenoxy) is 2. The molecular weight excluding hydrogens is 370 g/mol. The Morgan fingerprint density at radius 3 is 2.19 bits per heavy atom. The third kappa shape index (κ3) is 4.58. The van der Waals surface area contributed by atoms with Crippen LogP contribution in [0.5, 0.6) is 0 Å². The first kappa shape index (κ1) is 20.7. The quantitative estimate of drug-likeness (QED) is 0.476. The summed E-state index contributed by atoms with van der Waals surface area (Å²) in [6, 6.07) is 5.58. The van der Waals surface area contributed by atoms with E-state index in [4.69, 9.17) is 0 Å². The molecular formula is C18H19F4NO4. The van der Waals surface area contributed by atoms with Gasteiger partial charge in [0.2, 0.25) is 0 Å². The molecule has 1 aromatic carbocycles. The van der Waals surface area contributed by atoms with E-state index < -0.39 is 49.0 Å². The zero-order valence-electron chi connectivity index (χ0n) is 14.6. The molecule has 1 saturated carbocycles. The Balaban J connectivity index is 2.43. The molecule has 0 aliphatic heterocycles. The van der Waals surface area contributed by atoms with Crippen molar-refractivity contribution in [3.05, 3.63) is 41.6 Å². The highest BCUT2D eigenvalue weighted by Crippen LogP contribution is 2.42. The fourth-order valence-corrected chi connectivity index (χ4v) is 2.92. The maximum atomic E-state index is 14.4. The average molecular weight is 389 g/mol. The zero-order chi connectivity index (χ0) is 20.1. The molecule has 1 aliphatic carbocycles. The van der Waals surface area contributed by atoms with Crippen molar-refractivity contribution in [1.82, 2.24) is 0 Å². The molecule has 0 radical (unpaired) electrons. The third-order valence-corrected chi connectivity index (χ3v) is 4.29. The predicted molar refractivity (Wildman–Crippen MR) is 89.1 cm³/mol. The number of hydrogen-bond donors (Lipinski definition) is 1. The van der Waals surface area contributed by atoms with Crippen LogP contribution in [0.1, 0.15) is 17.9 Å². The summed E-state index contributed by atoms with van der Waals surface area (Å²) in [6.45, 7) is 0. The van der Waals surface area contributed by atoms with Gasteiger partial charge in [-0.3, -0.25) is 0 Å². The number of carbonyl (C=O) groups excluding carboxylic acids is 2. The summed E-state index contributed by atoms with van der Waals surface area (Å²) in [4.78, 5) is 23.3. The van der Waals surface area contributed by atoms with Crippen LogP contribution in [-0.4, -0.2) is 50.8 Å². The Morgan fingerprint density at radius 2 is 1.63 bits per heavy atom. The number of esters is 2. The van der Waals surface area contributed by atoms with E-state index in [2.05, 4.69) is 14.8 Å². The van der Waals surface area contributed by atoms with Gasteiger partial charge in [-0.2, -0.15) is 0 Å². The van der Waals surface area contributed by atoms with E-state index in [0.717, 1.165) is 20.3 Å². The Labute approximate surface area is 153 Å². The average Bonchev–Trinajstić information content (AvgIpc) is 2.66. The largest absolute Gasteiger partial charge is 0.466 e. The molecule has 0 spiro atoms. The Morgan fingerprint density at radius 1 is 1.04 bits per heavy atom. The van der Waals surface area contributed by atoms with Crippen molar-refractivity contribution in [3.8, 4) is 0 Å². The van der Waals surface area contributed by atoms with Gasteiger partial charge in [-0.15, -0.1) is 0 Å². The van der Waals surface area contributed by atoms with Crippen LogP contribution in [0.2, 0.25) is 0 Å². The van der Waals surface area contributed by atoms with Crippen LogP contribution in [0.4, 0.5) is 23.2 Å². The lowest BCUT2D eigenvalue weighted by Crippen LogP contribution is -2.44. The molecule has 0 amide bonds. The van der Waals surface area contributed by atoms with Crippen LogP contribution in [0, 0.1) is 0 Å². The predicted octanol–water partition coefficient (Wildman–Crippen LogP) is 3.17. The number of benzene rings is 1. The topological polar surface area (TPSA) is 64.6 Å². The van der Waals surface area contributed by atoms with Crippen LogP contribution in [0.15, 0.2) is 36.0 Å². The molecule has 9 heteroatoms. The summed E-state index contributed by atoms with van der Waals surface area (Å²) in [6.07, 6.45) is -8.91. The molecule has 1 fully saturated rings. The highest BCUT2D eigenvalue weighted by molar-refractivity contribution is 5.98. The normalized spacial score (nSPS) is 28.4. The number of hydrogen-bond acceptors (Lipinski definition) is 5. The third-order valence-electron chi connectivity index (χ3n) is 4.29. The van der Waals surface area contributed by atoms with E-state index in [0.29, 0.717) is 0 Å². The van der Waals surface area contributed by atoms with Crippen molar-refractivity contribution in [1.29, 1.82) is 0 Å². The first-order chi connectivity index (χ1) is 12.8. The molecule has 0 bridgehead atoms. The highest BCUT2D eigenvalue weighted by atomic mass is 19.2. The maximum absolute atomic E-state index is 14.4. The molecule has 5 nitrogen and oxygen atoms in total. The van der Waals surface area contributed by atoms with Gasteiger partial charge in [0, 0.05) is 12.1 Å². The van der Waals surface area contributed by atoms with E-state index in [-0.39, 0.29) is 16.9 Å². The smallest absolute Gasteiger partial charge is 0.354 e. The summed E-state index contributed by atoms with van der Waals surface area (Å²) in [5, 5.41) is 2.54. The number of halogens is 4. The lowest BCUT2D eigenvalue weighted by Gasteiger charge is -2.35. The molecule has 0 aromatic heterocycles. The number of methoxy groups -OCH3 is 2. The monoisotopic (exact) mass is 389 g/mol. The Kier molecular flexibility index (Phi) is 6.81. The van der Waals surface area contributed by atoms with Gasteiger partial charge in [-0.1, -0.05) is 18.2 Å². The molecule has 4 unspecified atom stereocenters. The minimum absolute atomic E-state index is 0.00894. The summed E-state index contributed by atoms with van der Waals surface area (Å²) in [7, 11) is 2.16. The van der Waals surface area contributed by atoms with Gasteiger partial charge in [0.25, 0.3) is 0 Å². The van der Waals surface area contributed by atoms with E-state index in [1.54, 1.807) is 0 Å². The number of anilines is 1. The number of para-hydroxylation sites is 1. The summed E-state index contributed by atoms with van der Waals surface area (Å²) in [5.41, 5.74) is -0.427. The Hall–Kier alpha value is -2.58. The van der Waals surface area contributed by atoms with Gasteiger partial charge in [0.1, 0.15) is 30.4 Å².